The molecule has 0 aliphatic heterocycles. The van der Waals surface area contributed by atoms with Gasteiger partial charge in [-0.1, -0.05) is 24.3 Å². The molecule has 0 saturated heterocycles. The molecule has 0 fully saturated rings. The minimum atomic E-state index is -0.190. The van der Waals surface area contributed by atoms with Crippen LogP contribution in [0, 0.1) is 13.8 Å². The molecule has 0 saturated carbocycles. The number of amides is 1. The van der Waals surface area contributed by atoms with Crippen LogP contribution >= 0.6 is 0 Å². The Morgan fingerprint density at radius 2 is 1.89 bits per heavy atom. The average molecular weight is 357 g/mol. The highest BCUT2D eigenvalue weighted by molar-refractivity contribution is 6.06. The number of aryl methyl sites for hydroxylation is 2. The summed E-state index contributed by atoms with van der Waals surface area (Å²) in [6.07, 6.45) is 1.75. The minimum absolute atomic E-state index is 0.190. The predicted molar refractivity (Wildman–Crippen MR) is 108 cm³/mol. The molecule has 0 aliphatic carbocycles. The molecule has 0 unspecified atom stereocenters. The zero-order chi connectivity index (χ0) is 19.0. The van der Waals surface area contributed by atoms with Crippen molar-refractivity contribution in [2.24, 2.45) is 0 Å². The fraction of sp³-hybridized carbons (Fsp3) is 0.0909. The van der Waals surface area contributed by atoms with E-state index in [0.29, 0.717) is 28.5 Å². The Balaban J connectivity index is 1.71. The lowest BCUT2D eigenvalue weighted by Gasteiger charge is -2.10. The number of benzene rings is 2. The van der Waals surface area contributed by atoms with Gasteiger partial charge in [0.2, 0.25) is 0 Å². The second-order valence-corrected chi connectivity index (χ2v) is 6.46. The molecule has 4 rings (SSSR count). The van der Waals surface area contributed by atoms with Crippen molar-refractivity contribution in [2.75, 3.05) is 11.1 Å². The normalized spacial score (nSPS) is 10.9. The number of para-hydroxylation sites is 1. The van der Waals surface area contributed by atoms with E-state index in [2.05, 4.69) is 10.3 Å². The maximum absolute atomic E-state index is 12.6. The van der Waals surface area contributed by atoms with Crippen LogP contribution in [0.25, 0.3) is 22.0 Å². The largest absolute Gasteiger partial charge is 0.466 e. The van der Waals surface area contributed by atoms with Crippen LogP contribution in [-0.4, -0.2) is 10.9 Å². The van der Waals surface area contributed by atoms with E-state index in [9.17, 15) is 4.79 Å². The van der Waals surface area contributed by atoms with Gasteiger partial charge in [-0.25, -0.2) is 0 Å². The molecule has 2 heterocycles. The molecule has 0 atom stereocenters. The number of carbonyl (C=O) groups excluding carboxylic acids is 1. The zero-order valence-electron chi connectivity index (χ0n) is 15.1. The maximum Gasteiger partial charge on any atom is 0.259 e. The number of carbonyl (C=O) groups is 1. The smallest absolute Gasteiger partial charge is 0.259 e. The number of nitrogens with two attached hydrogens (primary N) is 1. The fourth-order valence-corrected chi connectivity index (χ4v) is 3.27. The third-order valence-electron chi connectivity index (χ3n) is 4.52. The molecule has 5 heteroatoms. The summed E-state index contributed by atoms with van der Waals surface area (Å²) in [5, 5.41) is 3.92. The van der Waals surface area contributed by atoms with Gasteiger partial charge in [0.15, 0.2) is 0 Å². The maximum atomic E-state index is 12.6. The first-order chi connectivity index (χ1) is 13.0. The van der Waals surface area contributed by atoms with E-state index in [1.807, 2.05) is 55.5 Å². The van der Waals surface area contributed by atoms with Crippen molar-refractivity contribution in [1.29, 1.82) is 0 Å². The first kappa shape index (κ1) is 16.8. The molecule has 134 valence electrons. The van der Waals surface area contributed by atoms with E-state index in [-0.39, 0.29) is 5.91 Å². The topological polar surface area (TPSA) is 81.2 Å². The molecule has 5 nitrogen and oxygen atoms in total. The molecule has 0 bridgehead atoms. The van der Waals surface area contributed by atoms with Crippen LogP contribution in [0.1, 0.15) is 21.9 Å². The van der Waals surface area contributed by atoms with E-state index >= 15 is 0 Å². The highest BCUT2D eigenvalue weighted by atomic mass is 16.3. The van der Waals surface area contributed by atoms with Crippen molar-refractivity contribution in [1.82, 2.24) is 4.98 Å². The lowest BCUT2D eigenvalue weighted by Crippen LogP contribution is -2.12. The summed E-state index contributed by atoms with van der Waals surface area (Å²) in [6, 6.07) is 17.2. The fourth-order valence-electron chi connectivity index (χ4n) is 3.27. The van der Waals surface area contributed by atoms with E-state index in [1.165, 1.54) is 0 Å². The highest BCUT2D eigenvalue weighted by Gasteiger charge is 2.14. The second kappa shape index (κ2) is 6.61. The molecule has 1 amide bonds. The van der Waals surface area contributed by atoms with Crippen LogP contribution in [0.5, 0.6) is 0 Å². The number of aromatic nitrogens is 1. The Morgan fingerprint density at radius 3 is 2.67 bits per heavy atom. The van der Waals surface area contributed by atoms with Crippen molar-refractivity contribution in [3.05, 3.63) is 77.9 Å². The van der Waals surface area contributed by atoms with Gasteiger partial charge in [-0.15, -0.1) is 0 Å². The summed E-state index contributed by atoms with van der Waals surface area (Å²) in [5.41, 5.74) is 10.7. The van der Waals surface area contributed by atoms with Gasteiger partial charge in [0.25, 0.3) is 5.91 Å². The Hall–Kier alpha value is -3.60. The Bertz CT molecular complexity index is 1160. The number of nitrogens with zero attached hydrogens (tertiary/aromatic N) is 1. The van der Waals surface area contributed by atoms with Gasteiger partial charge in [-0.2, -0.15) is 0 Å². The first-order valence-electron chi connectivity index (χ1n) is 8.65. The van der Waals surface area contributed by atoms with Crippen LogP contribution in [0.4, 0.5) is 11.4 Å². The summed E-state index contributed by atoms with van der Waals surface area (Å²) in [5.74, 6) is 1.13. The summed E-state index contributed by atoms with van der Waals surface area (Å²) in [7, 11) is 0. The number of rotatable bonds is 3. The predicted octanol–water partition coefficient (Wildman–Crippen LogP) is 4.95. The molecule has 0 radical (unpaired) electrons. The Morgan fingerprint density at radius 1 is 1.07 bits per heavy atom. The first-order valence-corrected chi connectivity index (χ1v) is 8.65. The summed E-state index contributed by atoms with van der Waals surface area (Å²) < 4.78 is 5.45. The van der Waals surface area contributed by atoms with Gasteiger partial charge in [-0.3, -0.25) is 9.78 Å². The Kier molecular flexibility index (Phi) is 4.12. The quantitative estimate of drug-likeness (QED) is 0.509. The number of furan rings is 1. The second-order valence-electron chi connectivity index (χ2n) is 6.46. The summed E-state index contributed by atoms with van der Waals surface area (Å²) in [4.78, 5) is 16.9. The average Bonchev–Trinajstić information content (AvgIpc) is 3.00. The number of nitrogens with one attached hydrogen (secondary N) is 1. The van der Waals surface area contributed by atoms with Crippen molar-refractivity contribution >= 4 is 28.2 Å². The van der Waals surface area contributed by atoms with Gasteiger partial charge < -0.3 is 15.5 Å². The lowest BCUT2D eigenvalue weighted by molar-refractivity contribution is 0.102. The molecule has 0 aliphatic rings. The van der Waals surface area contributed by atoms with E-state index < -0.39 is 0 Å². The minimum Gasteiger partial charge on any atom is -0.466 e. The van der Waals surface area contributed by atoms with Crippen molar-refractivity contribution < 1.29 is 9.21 Å². The Labute approximate surface area is 156 Å². The van der Waals surface area contributed by atoms with Crippen LogP contribution in [0.2, 0.25) is 0 Å². The number of hydrogen-bond acceptors (Lipinski definition) is 4. The molecule has 2 aromatic carbocycles. The van der Waals surface area contributed by atoms with E-state index in [0.717, 1.165) is 22.0 Å². The monoisotopic (exact) mass is 357 g/mol. The van der Waals surface area contributed by atoms with Gasteiger partial charge in [0.05, 0.1) is 16.8 Å². The number of hydrogen-bond donors (Lipinski definition) is 2. The number of anilines is 2. The van der Waals surface area contributed by atoms with E-state index in [1.54, 1.807) is 19.2 Å². The van der Waals surface area contributed by atoms with Gasteiger partial charge in [-0.05, 0) is 55.3 Å². The van der Waals surface area contributed by atoms with Crippen LogP contribution in [-0.2, 0) is 0 Å². The molecule has 0 spiro atoms. The molecular weight excluding hydrogens is 338 g/mol. The highest BCUT2D eigenvalue weighted by Crippen LogP contribution is 2.31. The van der Waals surface area contributed by atoms with Crippen LogP contribution in [0.15, 0.2) is 65.2 Å². The zero-order valence-corrected chi connectivity index (χ0v) is 15.1. The van der Waals surface area contributed by atoms with Crippen molar-refractivity contribution in [2.45, 2.75) is 13.8 Å². The van der Waals surface area contributed by atoms with Crippen molar-refractivity contribution in [3.8, 4) is 11.1 Å². The van der Waals surface area contributed by atoms with Gasteiger partial charge in [0.1, 0.15) is 11.5 Å². The number of pyridine rings is 1. The summed E-state index contributed by atoms with van der Waals surface area (Å²) in [6.45, 7) is 3.61. The number of fused-ring (bicyclic) bond motifs is 1. The molecule has 2 aromatic heterocycles. The van der Waals surface area contributed by atoms with Gasteiger partial charge in [0, 0.05) is 17.3 Å². The molecular formula is C22H19N3O2. The number of nitrogen functional groups attached to an aromatic ring is 1. The van der Waals surface area contributed by atoms with E-state index in [4.69, 9.17) is 10.2 Å². The SMILES string of the molecule is Cc1cc(C(=O)Nc2cccc(-c3ccnc4c(N)cccc34)c2)c(C)o1. The van der Waals surface area contributed by atoms with Gasteiger partial charge >= 0.3 is 0 Å². The third kappa shape index (κ3) is 3.15. The lowest BCUT2D eigenvalue weighted by atomic mass is 10.0. The van der Waals surface area contributed by atoms with Crippen molar-refractivity contribution in [3.63, 3.8) is 0 Å². The van der Waals surface area contributed by atoms with Crippen LogP contribution < -0.4 is 11.1 Å². The standard InChI is InChI=1S/C22H19N3O2/c1-13-11-19(14(2)27-13)22(26)25-16-6-3-5-15(12-16)17-9-10-24-21-18(17)7-4-8-20(21)23/h3-12H,23H2,1-2H3,(H,25,26). The molecule has 27 heavy (non-hydrogen) atoms. The molecule has 4 aromatic rings. The third-order valence-corrected chi connectivity index (χ3v) is 4.52. The van der Waals surface area contributed by atoms with Crippen LogP contribution in [0.3, 0.4) is 0 Å². The summed E-state index contributed by atoms with van der Waals surface area (Å²) >= 11 is 0. The molecule has 3 N–H and O–H groups in total.